The topological polar surface area (TPSA) is 64.7 Å². The van der Waals surface area contributed by atoms with Gasteiger partial charge in [0.25, 0.3) is 0 Å². The second-order valence-corrected chi connectivity index (χ2v) is 5.93. The fraction of sp³-hybridized carbons (Fsp3) is 1.00. The van der Waals surface area contributed by atoms with Gasteiger partial charge < -0.3 is 20.3 Å². The number of ether oxygens (including phenoxy) is 2. The summed E-state index contributed by atoms with van der Waals surface area (Å²) in [7, 11) is 0. The van der Waals surface area contributed by atoms with E-state index < -0.39 is 0 Å². The summed E-state index contributed by atoms with van der Waals surface area (Å²) in [5.41, 5.74) is 6.03. The van der Waals surface area contributed by atoms with Crippen LogP contribution in [0.3, 0.4) is 0 Å². The minimum atomic E-state index is -0.305. The zero-order valence-corrected chi connectivity index (χ0v) is 11.3. The molecule has 0 bridgehead atoms. The zero-order valence-electron chi connectivity index (χ0n) is 11.3. The minimum Gasteiger partial charge on any atom is -0.394 e. The number of nitrogens with two attached hydrogens (primary N) is 1. The minimum absolute atomic E-state index is 0.0366. The Kier molecular flexibility index (Phi) is 5.86. The second kappa shape index (κ2) is 6.69. The van der Waals surface area contributed by atoms with Gasteiger partial charge >= 0.3 is 0 Å². The lowest BCUT2D eigenvalue weighted by Crippen LogP contribution is -2.49. The van der Waals surface area contributed by atoms with Crippen molar-refractivity contribution in [2.45, 2.75) is 58.3 Å². The molecule has 1 aliphatic heterocycles. The average Bonchev–Trinajstić information content (AvgIpc) is 2.30. The van der Waals surface area contributed by atoms with Crippen LogP contribution in [-0.4, -0.2) is 43.2 Å². The van der Waals surface area contributed by atoms with E-state index in [4.69, 9.17) is 15.2 Å². The van der Waals surface area contributed by atoms with E-state index in [2.05, 4.69) is 20.8 Å². The highest BCUT2D eigenvalue weighted by Crippen LogP contribution is 2.22. The molecule has 0 aromatic rings. The Bertz CT molecular complexity index is 209. The van der Waals surface area contributed by atoms with Crippen molar-refractivity contribution in [3.8, 4) is 0 Å². The smallest absolute Gasteiger partial charge is 0.0962 e. The van der Waals surface area contributed by atoms with E-state index >= 15 is 0 Å². The molecule has 3 unspecified atom stereocenters. The predicted octanol–water partition coefficient (Wildman–Crippen LogP) is 1.31. The van der Waals surface area contributed by atoms with Crippen molar-refractivity contribution in [3.63, 3.8) is 0 Å². The summed E-state index contributed by atoms with van der Waals surface area (Å²) in [5.74, 6) is 0. The summed E-state index contributed by atoms with van der Waals surface area (Å²) in [6.07, 6.45) is 3.25. The van der Waals surface area contributed by atoms with Gasteiger partial charge in [0.1, 0.15) is 0 Å². The van der Waals surface area contributed by atoms with Crippen LogP contribution in [0.1, 0.15) is 40.0 Å². The summed E-state index contributed by atoms with van der Waals surface area (Å²) in [6, 6.07) is -0.170. The molecule has 0 aromatic heterocycles. The summed E-state index contributed by atoms with van der Waals surface area (Å²) in [6.45, 7) is 7.49. The number of hydrogen-bond donors (Lipinski definition) is 2. The molecule has 1 heterocycles. The van der Waals surface area contributed by atoms with Crippen molar-refractivity contribution in [2.24, 2.45) is 11.1 Å². The van der Waals surface area contributed by atoms with Crippen LogP contribution >= 0.6 is 0 Å². The first-order chi connectivity index (χ1) is 7.95. The predicted molar refractivity (Wildman–Crippen MR) is 67.8 cm³/mol. The molecule has 1 aliphatic rings. The molecule has 0 aliphatic carbocycles. The van der Waals surface area contributed by atoms with Gasteiger partial charge in [0.2, 0.25) is 0 Å². The van der Waals surface area contributed by atoms with Gasteiger partial charge in [-0.15, -0.1) is 0 Å². The molecule has 0 radical (unpaired) electrons. The van der Waals surface area contributed by atoms with Crippen LogP contribution in [-0.2, 0) is 9.47 Å². The van der Waals surface area contributed by atoms with Crippen molar-refractivity contribution >= 4 is 0 Å². The van der Waals surface area contributed by atoms with Gasteiger partial charge in [0.05, 0.1) is 25.4 Å². The van der Waals surface area contributed by atoms with Gasteiger partial charge in [-0.1, -0.05) is 20.8 Å². The molecule has 3 atom stereocenters. The Balaban J connectivity index is 2.35. The van der Waals surface area contributed by atoms with Gasteiger partial charge in [0.15, 0.2) is 0 Å². The molecule has 0 aromatic carbocycles. The Morgan fingerprint density at radius 1 is 1.41 bits per heavy atom. The largest absolute Gasteiger partial charge is 0.394 e. The molecule has 1 rings (SSSR count). The maximum absolute atomic E-state index is 9.34. The fourth-order valence-corrected chi connectivity index (χ4v) is 2.00. The lowest BCUT2D eigenvalue weighted by molar-refractivity contribution is -0.0881. The van der Waals surface area contributed by atoms with Gasteiger partial charge in [0, 0.05) is 12.6 Å². The monoisotopic (exact) mass is 245 g/mol. The fourth-order valence-electron chi connectivity index (χ4n) is 2.00. The van der Waals surface area contributed by atoms with Gasteiger partial charge in [-0.25, -0.2) is 0 Å². The van der Waals surface area contributed by atoms with Crippen LogP contribution in [0.5, 0.6) is 0 Å². The Morgan fingerprint density at radius 2 is 2.12 bits per heavy atom. The van der Waals surface area contributed by atoms with Crippen LogP contribution < -0.4 is 5.73 Å². The Labute approximate surface area is 104 Å². The number of aliphatic hydroxyl groups excluding tert-OH is 1. The molecule has 4 heteroatoms. The summed E-state index contributed by atoms with van der Waals surface area (Å²) < 4.78 is 11.3. The lowest BCUT2D eigenvalue weighted by Gasteiger charge is -2.34. The van der Waals surface area contributed by atoms with Crippen LogP contribution in [0.25, 0.3) is 0 Å². The zero-order chi connectivity index (χ0) is 12.9. The third kappa shape index (κ3) is 4.92. The van der Waals surface area contributed by atoms with E-state index in [-0.39, 0.29) is 30.3 Å². The first-order valence-electron chi connectivity index (χ1n) is 6.55. The first kappa shape index (κ1) is 14.9. The highest BCUT2D eigenvalue weighted by Gasteiger charge is 2.30. The van der Waals surface area contributed by atoms with E-state index in [1.807, 2.05) is 0 Å². The highest BCUT2D eigenvalue weighted by atomic mass is 16.5. The van der Waals surface area contributed by atoms with Crippen molar-refractivity contribution in [1.29, 1.82) is 0 Å². The van der Waals surface area contributed by atoms with Crippen LogP contribution in [0.15, 0.2) is 0 Å². The second-order valence-electron chi connectivity index (χ2n) is 5.93. The molecule has 102 valence electrons. The van der Waals surface area contributed by atoms with Crippen LogP contribution in [0.2, 0.25) is 0 Å². The van der Waals surface area contributed by atoms with E-state index in [9.17, 15) is 5.11 Å². The van der Waals surface area contributed by atoms with E-state index in [1.165, 1.54) is 6.42 Å². The summed E-state index contributed by atoms with van der Waals surface area (Å²) >= 11 is 0. The molecular formula is C13H27NO3. The van der Waals surface area contributed by atoms with E-state index in [1.54, 1.807) is 0 Å². The Morgan fingerprint density at radius 3 is 2.59 bits per heavy atom. The van der Waals surface area contributed by atoms with Crippen molar-refractivity contribution in [1.82, 2.24) is 0 Å². The molecule has 3 N–H and O–H groups in total. The van der Waals surface area contributed by atoms with Gasteiger partial charge in [-0.05, 0) is 24.7 Å². The van der Waals surface area contributed by atoms with Crippen LogP contribution in [0.4, 0.5) is 0 Å². The third-order valence-corrected chi connectivity index (χ3v) is 3.35. The highest BCUT2D eigenvalue weighted by molar-refractivity contribution is 4.84. The molecule has 0 spiro atoms. The number of hydrogen-bond acceptors (Lipinski definition) is 4. The molecule has 0 amide bonds. The summed E-state index contributed by atoms with van der Waals surface area (Å²) in [4.78, 5) is 0. The molecule has 1 fully saturated rings. The molecule has 1 saturated heterocycles. The van der Waals surface area contributed by atoms with E-state index in [0.29, 0.717) is 6.61 Å². The summed E-state index contributed by atoms with van der Waals surface area (Å²) in [5, 5.41) is 9.34. The number of aliphatic hydroxyl groups is 1. The molecule has 0 saturated carbocycles. The van der Waals surface area contributed by atoms with Gasteiger partial charge in [-0.3, -0.25) is 0 Å². The third-order valence-electron chi connectivity index (χ3n) is 3.35. The van der Waals surface area contributed by atoms with E-state index in [0.717, 1.165) is 19.4 Å². The average molecular weight is 245 g/mol. The standard InChI is InChI=1S/C13H27NO3/c1-13(2,3)12(14)11(8-15)17-9-10-6-4-5-7-16-10/h10-12,15H,4-9,14H2,1-3H3. The maximum Gasteiger partial charge on any atom is 0.0962 e. The SMILES string of the molecule is CC(C)(C)C(N)C(CO)OCC1CCCCO1. The van der Waals surface area contributed by atoms with Gasteiger partial charge in [-0.2, -0.15) is 0 Å². The van der Waals surface area contributed by atoms with Crippen molar-refractivity contribution in [2.75, 3.05) is 19.8 Å². The van der Waals surface area contributed by atoms with Crippen molar-refractivity contribution in [3.05, 3.63) is 0 Å². The molecule has 17 heavy (non-hydrogen) atoms. The normalized spacial score (nSPS) is 25.6. The van der Waals surface area contributed by atoms with Crippen LogP contribution in [0, 0.1) is 5.41 Å². The molecular weight excluding hydrogens is 218 g/mol. The molecule has 4 nitrogen and oxygen atoms in total. The Hall–Kier alpha value is -0.160. The first-order valence-corrected chi connectivity index (χ1v) is 6.55. The van der Waals surface area contributed by atoms with Crippen molar-refractivity contribution < 1.29 is 14.6 Å². The number of rotatable bonds is 5. The quantitative estimate of drug-likeness (QED) is 0.766. The lowest BCUT2D eigenvalue weighted by atomic mass is 9.84. The maximum atomic E-state index is 9.34.